The first-order valence-electron chi connectivity index (χ1n) is 7.71. The molecule has 0 saturated carbocycles. The van der Waals surface area contributed by atoms with Gasteiger partial charge in [-0.3, -0.25) is 14.5 Å². The molecule has 1 atom stereocenters. The maximum absolute atomic E-state index is 10.1. The first-order valence-corrected chi connectivity index (χ1v) is 7.71. The van der Waals surface area contributed by atoms with E-state index in [9.17, 15) is 5.11 Å². The molecule has 0 radical (unpaired) electrons. The fraction of sp³-hybridized carbons (Fsp3) is 0.600. The Morgan fingerprint density at radius 3 is 2.64 bits per heavy atom. The van der Waals surface area contributed by atoms with Crippen molar-refractivity contribution in [2.45, 2.75) is 26.1 Å². The van der Waals surface area contributed by atoms with Gasteiger partial charge in [-0.1, -0.05) is 5.16 Å². The summed E-state index contributed by atoms with van der Waals surface area (Å²) in [4.78, 5) is 4.66. The van der Waals surface area contributed by atoms with E-state index >= 15 is 0 Å². The van der Waals surface area contributed by atoms with Crippen molar-refractivity contribution >= 4 is 0 Å². The molecule has 2 aromatic heterocycles. The van der Waals surface area contributed by atoms with Crippen LogP contribution in [-0.2, 0) is 13.1 Å². The lowest BCUT2D eigenvalue weighted by molar-refractivity contribution is 0.0580. The predicted octanol–water partition coefficient (Wildman–Crippen LogP) is 0.358. The van der Waals surface area contributed by atoms with E-state index in [1.54, 1.807) is 10.9 Å². The van der Waals surface area contributed by atoms with E-state index in [0.717, 1.165) is 44.2 Å². The van der Waals surface area contributed by atoms with Crippen LogP contribution in [-0.4, -0.2) is 68.7 Å². The van der Waals surface area contributed by atoms with Gasteiger partial charge in [0.05, 0.1) is 24.9 Å². The van der Waals surface area contributed by atoms with E-state index in [2.05, 4.69) is 20.1 Å². The summed E-state index contributed by atoms with van der Waals surface area (Å²) >= 11 is 0. The van der Waals surface area contributed by atoms with Crippen molar-refractivity contribution in [3.05, 3.63) is 36.0 Å². The van der Waals surface area contributed by atoms with Crippen LogP contribution in [0, 0.1) is 6.92 Å². The lowest BCUT2D eigenvalue weighted by atomic mass is 10.2. The Bertz CT molecular complexity index is 560. The molecule has 120 valence electrons. The zero-order chi connectivity index (χ0) is 15.4. The molecule has 0 aliphatic carbocycles. The number of aryl methyl sites for hydroxylation is 1. The number of hydrogen-bond donors (Lipinski definition) is 1. The average Bonchev–Trinajstić information content (AvgIpc) is 3.13. The highest BCUT2D eigenvalue weighted by Crippen LogP contribution is 2.10. The Labute approximate surface area is 130 Å². The Morgan fingerprint density at radius 1 is 1.23 bits per heavy atom. The van der Waals surface area contributed by atoms with Crippen molar-refractivity contribution in [3.8, 4) is 0 Å². The van der Waals surface area contributed by atoms with Crippen LogP contribution in [0.5, 0.6) is 0 Å². The van der Waals surface area contributed by atoms with E-state index in [4.69, 9.17) is 4.52 Å². The summed E-state index contributed by atoms with van der Waals surface area (Å²) in [6.07, 6.45) is 3.22. The third kappa shape index (κ3) is 4.16. The van der Waals surface area contributed by atoms with Gasteiger partial charge in [-0.05, 0) is 13.0 Å². The lowest BCUT2D eigenvalue weighted by Crippen LogP contribution is -2.48. The molecule has 1 saturated heterocycles. The second kappa shape index (κ2) is 7.04. The summed E-state index contributed by atoms with van der Waals surface area (Å²) in [5, 5.41) is 18.2. The van der Waals surface area contributed by atoms with E-state index in [1.807, 2.05) is 25.3 Å². The Kier molecular flexibility index (Phi) is 4.87. The Hall–Kier alpha value is -1.70. The van der Waals surface area contributed by atoms with Gasteiger partial charge in [0.1, 0.15) is 0 Å². The molecule has 1 fully saturated rings. The topological polar surface area (TPSA) is 70.6 Å². The number of hydrogen-bond acceptors (Lipinski definition) is 6. The van der Waals surface area contributed by atoms with Gasteiger partial charge >= 0.3 is 0 Å². The van der Waals surface area contributed by atoms with Gasteiger partial charge in [-0.15, -0.1) is 0 Å². The molecule has 1 aliphatic heterocycles. The zero-order valence-corrected chi connectivity index (χ0v) is 12.9. The first-order chi connectivity index (χ1) is 10.7. The summed E-state index contributed by atoms with van der Waals surface area (Å²) in [6.45, 7) is 7.87. The quantitative estimate of drug-likeness (QED) is 0.831. The number of piperazine rings is 1. The number of β-amino-alcohol motifs (C(OH)–C–C–N with tert-alkyl or cyclic N) is 1. The van der Waals surface area contributed by atoms with Crippen LogP contribution in [0.4, 0.5) is 0 Å². The minimum atomic E-state index is -0.386. The summed E-state index contributed by atoms with van der Waals surface area (Å²) in [6, 6.07) is 3.86. The minimum Gasteiger partial charge on any atom is -0.390 e. The van der Waals surface area contributed by atoms with Gasteiger partial charge in [0.2, 0.25) is 0 Å². The monoisotopic (exact) mass is 305 g/mol. The summed E-state index contributed by atoms with van der Waals surface area (Å²) < 4.78 is 7.03. The van der Waals surface area contributed by atoms with Gasteiger partial charge < -0.3 is 9.63 Å². The van der Waals surface area contributed by atoms with Crippen LogP contribution < -0.4 is 0 Å². The molecule has 0 unspecified atom stereocenters. The van der Waals surface area contributed by atoms with Crippen LogP contribution in [0.2, 0.25) is 0 Å². The zero-order valence-electron chi connectivity index (χ0n) is 12.9. The van der Waals surface area contributed by atoms with E-state index in [1.165, 1.54) is 0 Å². The third-order valence-electron chi connectivity index (χ3n) is 3.95. The molecule has 2 aromatic rings. The molecule has 1 N–H and O–H groups in total. The number of aromatic nitrogens is 3. The molecule has 3 heterocycles. The molecular formula is C15H23N5O2. The number of rotatable bonds is 6. The van der Waals surface area contributed by atoms with Crippen LogP contribution in [0.3, 0.4) is 0 Å². The molecule has 7 nitrogen and oxygen atoms in total. The van der Waals surface area contributed by atoms with Crippen LogP contribution in [0.25, 0.3) is 0 Å². The number of aliphatic hydroxyl groups excluding tert-OH is 1. The van der Waals surface area contributed by atoms with E-state index in [-0.39, 0.29) is 6.10 Å². The molecule has 0 bridgehead atoms. The molecule has 7 heteroatoms. The second-order valence-electron chi connectivity index (χ2n) is 5.89. The van der Waals surface area contributed by atoms with Crippen molar-refractivity contribution < 1.29 is 9.63 Å². The van der Waals surface area contributed by atoms with Crippen LogP contribution >= 0.6 is 0 Å². The summed E-state index contributed by atoms with van der Waals surface area (Å²) in [7, 11) is 0. The van der Waals surface area contributed by atoms with Crippen molar-refractivity contribution in [2.75, 3.05) is 32.7 Å². The largest absolute Gasteiger partial charge is 0.390 e. The first kappa shape index (κ1) is 15.2. The van der Waals surface area contributed by atoms with E-state index in [0.29, 0.717) is 13.1 Å². The molecule has 0 amide bonds. The predicted molar refractivity (Wildman–Crippen MR) is 81.2 cm³/mol. The van der Waals surface area contributed by atoms with Crippen molar-refractivity contribution in [1.82, 2.24) is 24.7 Å². The Balaban J connectivity index is 1.39. The highest BCUT2D eigenvalue weighted by molar-refractivity contribution is 5.03. The molecule has 22 heavy (non-hydrogen) atoms. The fourth-order valence-corrected chi connectivity index (χ4v) is 2.82. The van der Waals surface area contributed by atoms with Crippen LogP contribution in [0.15, 0.2) is 29.0 Å². The third-order valence-corrected chi connectivity index (χ3v) is 3.95. The van der Waals surface area contributed by atoms with Gasteiger partial charge in [0.15, 0.2) is 5.76 Å². The number of aliphatic hydroxyl groups is 1. The molecule has 3 rings (SSSR count). The van der Waals surface area contributed by atoms with Gasteiger partial charge in [0, 0.05) is 51.2 Å². The maximum Gasteiger partial charge on any atom is 0.150 e. The highest BCUT2D eigenvalue weighted by atomic mass is 16.5. The number of nitrogens with zero attached hydrogens (tertiary/aromatic N) is 5. The van der Waals surface area contributed by atoms with Crippen molar-refractivity contribution in [2.24, 2.45) is 0 Å². The fourth-order valence-electron chi connectivity index (χ4n) is 2.82. The summed E-state index contributed by atoms with van der Waals surface area (Å²) in [5.41, 5.74) is 0.926. The molecule has 0 spiro atoms. The van der Waals surface area contributed by atoms with Gasteiger partial charge in [-0.2, -0.15) is 5.10 Å². The molecular weight excluding hydrogens is 282 g/mol. The summed E-state index contributed by atoms with van der Waals surface area (Å²) in [5.74, 6) is 0.921. The van der Waals surface area contributed by atoms with Crippen LogP contribution in [0.1, 0.15) is 11.5 Å². The SMILES string of the molecule is Cc1cc(CN2CCN(C[C@@H](O)Cn3cccn3)CC2)on1. The molecule has 0 aromatic carbocycles. The lowest BCUT2D eigenvalue weighted by Gasteiger charge is -2.35. The van der Waals surface area contributed by atoms with E-state index < -0.39 is 0 Å². The maximum atomic E-state index is 10.1. The second-order valence-corrected chi connectivity index (χ2v) is 5.89. The molecule has 1 aliphatic rings. The van der Waals surface area contributed by atoms with Gasteiger partial charge in [-0.25, -0.2) is 0 Å². The van der Waals surface area contributed by atoms with Crippen molar-refractivity contribution in [1.29, 1.82) is 0 Å². The minimum absolute atomic E-state index is 0.386. The normalized spacial score (nSPS) is 18.6. The average molecular weight is 305 g/mol. The smallest absolute Gasteiger partial charge is 0.150 e. The van der Waals surface area contributed by atoms with Gasteiger partial charge in [0.25, 0.3) is 0 Å². The standard InChI is InChI=1S/C15H23N5O2/c1-13-9-15(22-17-13)12-19-7-5-18(6-8-19)10-14(21)11-20-4-2-3-16-20/h2-4,9,14,21H,5-8,10-12H2,1H3/t14-/m1/s1. The highest BCUT2D eigenvalue weighted by Gasteiger charge is 2.20. The Morgan fingerprint density at radius 2 is 2.00 bits per heavy atom. The van der Waals surface area contributed by atoms with Crippen molar-refractivity contribution in [3.63, 3.8) is 0 Å².